The van der Waals surface area contributed by atoms with Crippen LogP contribution in [0, 0.1) is 0 Å². The standard InChI is InChI=1S/C13H16F4N2O/c1-9(2)19-6-12(14,7-19)8-20-11-4-3-10(5-18-11)13(15,16)17/h3-5,9H,6-8H2,1-2H3. The number of likely N-dealkylation sites (tertiary alicyclic amines) is 1. The van der Waals surface area contributed by atoms with Crippen LogP contribution in [0.4, 0.5) is 17.6 Å². The normalized spacial score (nSPS) is 18.9. The van der Waals surface area contributed by atoms with Crippen molar-refractivity contribution in [3.05, 3.63) is 23.9 Å². The first kappa shape index (κ1) is 15.0. The molecule has 0 amide bonds. The molecule has 1 saturated heterocycles. The van der Waals surface area contributed by atoms with Gasteiger partial charge in [0.2, 0.25) is 5.88 Å². The molecule has 0 aliphatic carbocycles. The van der Waals surface area contributed by atoms with E-state index < -0.39 is 17.4 Å². The summed E-state index contributed by atoms with van der Waals surface area (Å²) >= 11 is 0. The first-order chi connectivity index (χ1) is 9.20. The number of halogens is 4. The topological polar surface area (TPSA) is 25.4 Å². The van der Waals surface area contributed by atoms with Gasteiger partial charge < -0.3 is 4.74 Å². The van der Waals surface area contributed by atoms with E-state index in [0.717, 1.165) is 12.1 Å². The Morgan fingerprint density at radius 2 is 2.00 bits per heavy atom. The monoisotopic (exact) mass is 292 g/mol. The Hall–Kier alpha value is -1.37. The second-order valence-corrected chi connectivity index (χ2v) is 5.32. The highest BCUT2D eigenvalue weighted by molar-refractivity contribution is 5.20. The molecule has 0 saturated carbocycles. The van der Waals surface area contributed by atoms with Gasteiger partial charge in [-0.2, -0.15) is 13.2 Å². The molecule has 0 spiro atoms. The Balaban J connectivity index is 1.86. The molecule has 1 fully saturated rings. The fourth-order valence-corrected chi connectivity index (χ4v) is 1.97. The second kappa shape index (κ2) is 5.20. The molecule has 0 radical (unpaired) electrons. The predicted octanol–water partition coefficient (Wildman–Crippen LogP) is 2.91. The third-order valence-electron chi connectivity index (χ3n) is 3.25. The molecular weight excluding hydrogens is 276 g/mol. The fraction of sp³-hybridized carbons (Fsp3) is 0.615. The minimum atomic E-state index is -4.43. The summed E-state index contributed by atoms with van der Waals surface area (Å²) in [6.07, 6.45) is -3.75. The van der Waals surface area contributed by atoms with Crippen LogP contribution >= 0.6 is 0 Å². The van der Waals surface area contributed by atoms with Crippen molar-refractivity contribution in [1.29, 1.82) is 0 Å². The quantitative estimate of drug-likeness (QED) is 0.798. The third kappa shape index (κ3) is 3.39. The summed E-state index contributed by atoms with van der Waals surface area (Å²) in [5, 5.41) is 0. The molecule has 0 aromatic carbocycles. The van der Waals surface area contributed by atoms with Crippen molar-refractivity contribution in [2.45, 2.75) is 31.7 Å². The summed E-state index contributed by atoms with van der Waals surface area (Å²) < 4.78 is 56.2. The number of hydrogen-bond donors (Lipinski definition) is 0. The van der Waals surface area contributed by atoms with Gasteiger partial charge in [-0.1, -0.05) is 0 Å². The minimum Gasteiger partial charge on any atom is -0.474 e. The number of aromatic nitrogens is 1. The minimum absolute atomic E-state index is 0.00183. The van der Waals surface area contributed by atoms with Crippen LogP contribution in [0.3, 0.4) is 0 Å². The molecule has 0 bridgehead atoms. The Morgan fingerprint density at radius 1 is 1.35 bits per heavy atom. The molecular formula is C13H16F4N2O. The maximum absolute atomic E-state index is 14.1. The van der Waals surface area contributed by atoms with Crippen molar-refractivity contribution >= 4 is 0 Å². The van der Waals surface area contributed by atoms with Crippen LogP contribution in [0.25, 0.3) is 0 Å². The van der Waals surface area contributed by atoms with Gasteiger partial charge in [-0.05, 0) is 19.9 Å². The first-order valence-corrected chi connectivity index (χ1v) is 6.29. The van der Waals surface area contributed by atoms with Gasteiger partial charge >= 0.3 is 6.18 Å². The number of rotatable bonds is 4. The number of alkyl halides is 4. The second-order valence-electron chi connectivity index (χ2n) is 5.32. The average Bonchev–Trinajstić information content (AvgIpc) is 2.32. The van der Waals surface area contributed by atoms with E-state index in [2.05, 4.69) is 4.98 Å². The van der Waals surface area contributed by atoms with E-state index in [9.17, 15) is 17.6 Å². The summed E-state index contributed by atoms with van der Waals surface area (Å²) in [5.74, 6) is -0.00183. The molecule has 112 valence electrons. The van der Waals surface area contributed by atoms with E-state index in [-0.39, 0.29) is 31.6 Å². The highest BCUT2D eigenvalue weighted by Gasteiger charge is 2.45. The SMILES string of the molecule is CC(C)N1CC(F)(COc2ccc(C(F)(F)F)cn2)C1. The molecule has 3 nitrogen and oxygen atoms in total. The van der Waals surface area contributed by atoms with E-state index in [1.165, 1.54) is 0 Å². The Kier molecular flexibility index (Phi) is 3.90. The van der Waals surface area contributed by atoms with Gasteiger partial charge in [0.15, 0.2) is 5.67 Å². The number of pyridine rings is 1. The Labute approximate surface area is 114 Å². The van der Waals surface area contributed by atoms with Gasteiger partial charge in [-0.3, -0.25) is 4.90 Å². The molecule has 0 atom stereocenters. The summed E-state index contributed by atoms with van der Waals surface area (Å²) in [7, 11) is 0. The lowest BCUT2D eigenvalue weighted by Crippen LogP contribution is -2.63. The van der Waals surface area contributed by atoms with Crippen LogP contribution in [-0.4, -0.2) is 41.3 Å². The van der Waals surface area contributed by atoms with E-state index in [1.807, 2.05) is 18.7 Å². The molecule has 2 rings (SSSR count). The van der Waals surface area contributed by atoms with Crippen molar-refractivity contribution in [2.24, 2.45) is 0 Å². The molecule has 1 aromatic rings. The largest absolute Gasteiger partial charge is 0.474 e. The zero-order chi connectivity index (χ0) is 15.0. The maximum atomic E-state index is 14.1. The van der Waals surface area contributed by atoms with Gasteiger partial charge in [-0.15, -0.1) is 0 Å². The van der Waals surface area contributed by atoms with E-state index in [1.54, 1.807) is 0 Å². The number of nitrogens with zero attached hydrogens (tertiary/aromatic N) is 2. The average molecular weight is 292 g/mol. The fourth-order valence-electron chi connectivity index (χ4n) is 1.97. The first-order valence-electron chi connectivity index (χ1n) is 6.29. The number of ether oxygens (including phenoxy) is 1. The van der Waals surface area contributed by atoms with Gasteiger partial charge in [0.1, 0.15) is 6.61 Å². The smallest absolute Gasteiger partial charge is 0.417 e. The van der Waals surface area contributed by atoms with Crippen LogP contribution < -0.4 is 4.74 Å². The predicted molar refractivity (Wildman–Crippen MR) is 65.3 cm³/mol. The Bertz CT molecular complexity index is 452. The molecule has 0 N–H and O–H groups in total. The summed E-state index contributed by atoms with van der Waals surface area (Å²) in [6.45, 7) is 4.28. The van der Waals surface area contributed by atoms with Gasteiger partial charge in [0.05, 0.1) is 5.56 Å². The molecule has 1 aliphatic rings. The van der Waals surface area contributed by atoms with Gasteiger partial charge in [-0.25, -0.2) is 9.37 Å². The highest BCUT2D eigenvalue weighted by atomic mass is 19.4. The molecule has 0 unspecified atom stereocenters. The molecule has 1 aromatic heterocycles. The van der Waals surface area contributed by atoms with Crippen molar-refractivity contribution in [1.82, 2.24) is 9.88 Å². The van der Waals surface area contributed by atoms with E-state index >= 15 is 0 Å². The summed E-state index contributed by atoms with van der Waals surface area (Å²) in [5.41, 5.74) is -2.30. The number of hydrogen-bond acceptors (Lipinski definition) is 3. The molecule has 20 heavy (non-hydrogen) atoms. The maximum Gasteiger partial charge on any atom is 0.417 e. The van der Waals surface area contributed by atoms with Crippen LogP contribution in [-0.2, 0) is 6.18 Å². The van der Waals surface area contributed by atoms with E-state index in [0.29, 0.717) is 6.20 Å². The lowest BCUT2D eigenvalue weighted by molar-refractivity contribution is -0.137. The van der Waals surface area contributed by atoms with Crippen molar-refractivity contribution in [3.8, 4) is 5.88 Å². The summed E-state index contributed by atoms with van der Waals surface area (Å²) in [6, 6.07) is 2.24. The van der Waals surface area contributed by atoms with Crippen molar-refractivity contribution < 1.29 is 22.3 Å². The van der Waals surface area contributed by atoms with Gasteiger partial charge in [0.25, 0.3) is 0 Å². The summed E-state index contributed by atoms with van der Waals surface area (Å²) in [4.78, 5) is 5.49. The molecule has 1 aliphatic heterocycles. The highest BCUT2D eigenvalue weighted by Crippen LogP contribution is 2.30. The lowest BCUT2D eigenvalue weighted by Gasteiger charge is -2.46. The van der Waals surface area contributed by atoms with E-state index in [4.69, 9.17) is 4.74 Å². The van der Waals surface area contributed by atoms with Crippen LogP contribution in [0.1, 0.15) is 19.4 Å². The van der Waals surface area contributed by atoms with Crippen molar-refractivity contribution in [3.63, 3.8) is 0 Å². The van der Waals surface area contributed by atoms with Crippen molar-refractivity contribution in [2.75, 3.05) is 19.7 Å². The lowest BCUT2D eigenvalue weighted by atomic mass is 9.96. The molecule has 2 heterocycles. The third-order valence-corrected chi connectivity index (χ3v) is 3.25. The zero-order valence-electron chi connectivity index (χ0n) is 11.2. The van der Waals surface area contributed by atoms with Crippen LogP contribution in [0.15, 0.2) is 18.3 Å². The van der Waals surface area contributed by atoms with Crippen LogP contribution in [0.2, 0.25) is 0 Å². The Morgan fingerprint density at radius 3 is 2.45 bits per heavy atom. The van der Waals surface area contributed by atoms with Gasteiger partial charge in [0, 0.05) is 31.4 Å². The van der Waals surface area contributed by atoms with Crippen LogP contribution in [0.5, 0.6) is 5.88 Å². The molecule has 7 heteroatoms. The zero-order valence-corrected chi connectivity index (χ0v) is 11.2.